The maximum atomic E-state index is 9.88. The average Bonchev–Trinajstić information content (AvgIpc) is 3.71. The second-order valence-corrected chi connectivity index (χ2v) is 12.2. The third kappa shape index (κ3) is 5.75. The Kier molecular flexibility index (Phi) is 7.10. The molecule has 1 aliphatic rings. The van der Waals surface area contributed by atoms with Crippen LogP contribution in [0.5, 0.6) is 0 Å². The number of nitriles is 1. The fourth-order valence-corrected chi connectivity index (χ4v) is 5.29. The molecule has 0 radical (unpaired) electrons. The highest BCUT2D eigenvalue weighted by molar-refractivity contribution is 6.35. The number of hydrogen-bond acceptors (Lipinski definition) is 6. The molecule has 2 aromatic heterocycles. The number of nitrogens with zero attached hydrogens (tertiary/aromatic N) is 5. The number of nitrogens with one attached hydrogen (secondary N) is 2. The van der Waals surface area contributed by atoms with E-state index in [4.69, 9.17) is 11.6 Å². The van der Waals surface area contributed by atoms with Gasteiger partial charge in [-0.1, -0.05) is 92.2 Å². The van der Waals surface area contributed by atoms with Crippen molar-refractivity contribution in [2.75, 3.05) is 17.2 Å². The van der Waals surface area contributed by atoms with Crippen LogP contribution in [0.25, 0.3) is 22.0 Å². The summed E-state index contributed by atoms with van der Waals surface area (Å²) in [6.07, 6.45) is 5.88. The molecule has 0 amide bonds. The van der Waals surface area contributed by atoms with E-state index in [1.165, 1.54) is 0 Å². The van der Waals surface area contributed by atoms with Gasteiger partial charge in [0.15, 0.2) is 0 Å². The molecule has 41 heavy (non-hydrogen) atoms. The lowest BCUT2D eigenvalue weighted by molar-refractivity contribution is 0.443. The number of aromatic nitrogens is 4. The van der Waals surface area contributed by atoms with Crippen molar-refractivity contribution in [2.24, 2.45) is 5.41 Å². The van der Waals surface area contributed by atoms with Gasteiger partial charge in [-0.3, -0.25) is 4.98 Å². The topological polar surface area (TPSA) is 91.5 Å². The van der Waals surface area contributed by atoms with Crippen LogP contribution in [0, 0.1) is 16.7 Å². The first-order valence-electron chi connectivity index (χ1n) is 13.9. The molecule has 0 unspecified atom stereocenters. The van der Waals surface area contributed by atoms with Gasteiger partial charge in [-0.25, -0.2) is 4.68 Å². The third-order valence-corrected chi connectivity index (χ3v) is 7.54. The van der Waals surface area contributed by atoms with Gasteiger partial charge in [-0.2, -0.15) is 5.26 Å². The first-order chi connectivity index (χ1) is 19.8. The molecular formula is C33H32ClN7. The van der Waals surface area contributed by atoms with E-state index < -0.39 is 0 Å². The van der Waals surface area contributed by atoms with Crippen molar-refractivity contribution in [3.05, 3.63) is 101 Å². The summed E-state index contributed by atoms with van der Waals surface area (Å²) >= 11 is 6.83. The van der Waals surface area contributed by atoms with Crippen molar-refractivity contribution in [1.29, 1.82) is 5.26 Å². The Morgan fingerprint density at radius 1 is 1.07 bits per heavy atom. The van der Waals surface area contributed by atoms with E-state index in [-0.39, 0.29) is 11.5 Å². The Labute approximate surface area is 245 Å². The van der Waals surface area contributed by atoms with Crippen molar-refractivity contribution in [3.63, 3.8) is 0 Å². The first kappa shape index (κ1) is 26.8. The molecule has 1 fully saturated rings. The van der Waals surface area contributed by atoms with E-state index in [1.54, 1.807) is 6.20 Å². The zero-order valence-corrected chi connectivity index (χ0v) is 24.2. The first-order valence-corrected chi connectivity index (χ1v) is 14.3. The monoisotopic (exact) mass is 561 g/mol. The molecule has 3 aromatic carbocycles. The van der Waals surface area contributed by atoms with Crippen LogP contribution in [0.2, 0.25) is 5.02 Å². The number of pyridine rings is 1. The Balaban J connectivity index is 1.47. The van der Waals surface area contributed by atoms with Crippen LogP contribution in [-0.2, 0) is 0 Å². The van der Waals surface area contributed by atoms with Crippen LogP contribution >= 0.6 is 11.6 Å². The summed E-state index contributed by atoms with van der Waals surface area (Å²) < 4.78 is 1.97. The molecule has 0 aliphatic heterocycles. The highest BCUT2D eigenvalue weighted by atomic mass is 35.5. The van der Waals surface area contributed by atoms with Crippen molar-refractivity contribution in [1.82, 2.24) is 20.0 Å². The molecule has 1 atom stereocenters. The minimum absolute atomic E-state index is 0.0155. The number of rotatable bonds is 8. The van der Waals surface area contributed by atoms with E-state index in [9.17, 15) is 5.26 Å². The molecule has 1 aliphatic carbocycles. The Bertz CT molecular complexity index is 1740. The standard InChI is InChI=1S/C33H32ClN7/c1-33(2,3)20-37-30-22(17-35)18-36-31-27(30)15-23(16-28(31)34)38-32(29-19-41(40-39-29)24-13-14-24)26-12-8-7-11-25(26)21-9-5-4-6-10-21/h4-12,15-16,18-19,24,32,38H,13-14,20H2,1-3H3,(H,36,37)/t32-/m0/s1. The molecule has 0 saturated heterocycles. The summed E-state index contributed by atoms with van der Waals surface area (Å²) in [7, 11) is 0. The molecule has 7 nitrogen and oxygen atoms in total. The van der Waals surface area contributed by atoms with Gasteiger partial charge in [-0.15, -0.1) is 5.10 Å². The van der Waals surface area contributed by atoms with Gasteiger partial charge in [0.1, 0.15) is 11.8 Å². The highest BCUT2D eigenvalue weighted by Gasteiger charge is 2.28. The van der Waals surface area contributed by atoms with Gasteiger partial charge < -0.3 is 10.6 Å². The highest BCUT2D eigenvalue weighted by Crippen LogP contribution is 2.39. The Hall–Kier alpha value is -4.41. The van der Waals surface area contributed by atoms with E-state index in [2.05, 4.69) is 83.1 Å². The molecule has 5 aromatic rings. The van der Waals surface area contributed by atoms with Crippen LogP contribution in [0.4, 0.5) is 11.4 Å². The number of hydrogen-bond donors (Lipinski definition) is 2. The van der Waals surface area contributed by atoms with Gasteiger partial charge in [0.25, 0.3) is 0 Å². The Morgan fingerprint density at radius 3 is 2.56 bits per heavy atom. The summed E-state index contributed by atoms with van der Waals surface area (Å²) in [5.41, 5.74) is 6.81. The van der Waals surface area contributed by atoms with Crippen LogP contribution in [0.15, 0.2) is 79.1 Å². The van der Waals surface area contributed by atoms with E-state index in [1.807, 2.05) is 47.3 Å². The number of halogens is 1. The molecule has 2 heterocycles. The van der Waals surface area contributed by atoms with Crippen LogP contribution < -0.4 is 10.6 Å². The van der Waals surface area contributed by atoms with Crippen molar-refractivity contribution in [3.8, 4) is 17.2 Å². The maximum absolute atomic E-state index is 9.88. The summed E-state index contributed by atoms with van der Waals surface area (Å²) in [5, 5.41) is 27.5. The molecule has 0 spiro atoms. The number of fused-ring (bicyclic) bond motifs is 1. The quantitative estimate of drug-likeness (QED) is 0.199. The molecule has 8 heteroatoms. The molecular weight excluding hydrogens is 530 g/mol. The van der Waals surface area contributed by atoms with Crippen molar-refractivity contribution < 1.29 is 0 Å². The molecule has 1 saturated carbocycles. The fourth-order valence-electron chi connectivity index (χ4n) is 5.02. The fraction of sp³-hybridized carbons (Fsp3) is 0.273. The average molecular weight is 562 g/mol. The lowest BCUT2D eigenvalue weighted by Crippen LogP contribution is -2.20. The third-order valence-electron chi connectivity index (χ3n) is 7.25. The van der Waals surface area contributed by atoms with Crippen LogP contribution in [0.1, 0.15) is 62.5 Å². The minimum Gasteiger partial charge on any atom is -0.383 e. The zero-order chi connectivity index (χ0) is 28.6. The summed E-state index contributed by atoms with van der Waals surface area (Å²) in [6, 6.07) is 25.0. The smallest absolute Gasteiger partial charge is 0.109 e. The lowest BCUT2D eigenvalue weighted by atomic mass is 9.93. The molecule has 0 bridgehead atoms. The van der Waals surface area contributed by atoms with E-state index >= 15 is 0 Å². The SMILES string of the molecule is CC(C)(C)CNc1c(C#N)cnc2c(Cl)cc(N[C@H](c3cn(C4CC4)nn3)c3ccccc3-c3ccccc3)cc12. The minimum atomic E-state index is -0.300. The lowest BCUT2D eigenvalue weighted by Gasteiger charge is -2.23. The van der Waals surface area contributed by atoms with Gasteiger partial charge in [0.2, 0.25) is 0 Å². The maximum Gasteiger partial charge on any atom is 0.109 e. The largest absolute Gasteiger partial charge is 0.383 e. The van der Waals surface area contributed by atoms with Gasteiger partial charge in [0, 0.05) is 23.8 Å². The second kappa shape index (κ2) is 10.9. The van der Waals surface area contributed by atoms with Crippen molar-refractivity contribution >= 4 is 33.9 Å². The van der Waals surface area contributed by atoms with Crippen LogP contribution in [0.3, 0.4) is 0 Å². The second-order valence-electron chi connectivity index (χ2n) is 11.8. The number of anilines is 2. The molecule has 6 rings (SSSR count). The predicted octanol–water partition coefficient (Wildman–Crippen LogP) is 8.01. The zero-order valence-electron chi connectivity index (χ0n) is 23.4. The van der Waals surface area contributed by atoms with E-state index in [0.29, 0.717) is 28.7 Å². The van der Waals surface area contributed by atoms with Gasteiger partial charge in [-0.05, 0) is 47.1 Å². The summed E-state index contributed by atoms with van der Waals surface area (Å²) in [4.78, 5) is 4.53. The van der Waals surface area contributed by atoms with Gasteiger partial charge >= 0.3 is 0 Å². The molecule has 2 N–H and O–H groups in total. The Morgan fingerprint density at radius 2 is 1.83 bits per heavy atom. The number of benzene rings is 3. The van der Waals surface area contributed by atoms with Crippen molar-refractivity contribution in [2.45, 2.75) is 45.7 Å². The summed E-state index contributed by atoms with van der Waals surface area (Å²) in [6.45, 7) is 7.14. The normalized spacial score (nSPS) is 14.0. The predicted molar refractivity (Wildman–Crippen MR) is 165 cm³/mol. The van der Waals surface area contributed by atoms with Crippen LogP contribution in [-0.4, -0.2) is 26.5 Å². The molecule has 206 valence electrons. The summed E-state index contributed by atoms with van der Waals surface area (Å²) in [5.74, 6) is 0. The van der Waals surface area contributed by atoms with Gasteiger partial charge in [0.05, 0.1) is 40.1 Å². The van der Waals surface area contributed by atoms with E-state index in [0.717, 1.165) is 52.0 Å².